The minimum atomic E-state index is -1.72. The van der Waals surface area contributed by atoms with Gasteiger partial charge in [-0.25, -0.2) is 4.79 Å². The summed E-state index contributed by atoms with van der Waals surface area (Å²) in [5.41, 5.74) is 1.41. The van der Waals surface area contributed by atoms with Crippen LogP contribution in [-0.2, 0) is 34.9 Å². The molecule has 2 aliphatic heterocycles. The third-order valence-corrected chi connectivity index (χ3v) is 7.06. The maximum atomic E-state index is 12.8. The Morgan fingerprint density at radius 3 is 2.12 bits per heavy atom. The van der Waals surface area contributed by atoms with Crippen LogP contribution < -0.4 is 0 Å². The van der Waals surface area contributed by atoms with Crippen molar-refractivity contribution in [2.75, 3.05) is 13.2 Å². The van der Waals surface area contributed by atoms with Crippen molar-refractivity contribution in [3.05, 3.63) is 65.7 Å². The number of phenolic OH excluding ortho intramolecular Hbond substituents is 2. The fraction of sp³-hybridized carbons (Fsp3) is 0.483. The van der Waals surface area contributed by atoms with Gasteiger partial charge in [-0.1, -0.05) is 24.3 Å². The molecular formula is C29H36O13. The van der Waals surface area contributed by atoms with Crippen molar-refractivity contribution in [3.8, 4) is 11.5 Å². The second-order valence-corrected chi connectivity index (χ2v) is 10.1. The first-order valence-corrected chi connectivity index (χ1v) is 13.4. The first kappa shape index (κ1) is 31.8. The molecule has 13 nitrogen and oxygen atoms in total. The quantitative estimate of drug-likeness (QED) is 0.138. The lowest BCUT2D eigenvalue weighted by atomic mass is 9.97. The summed E-state index contributed by atoms with van der Waals surface area (Å²) in [4.78, 5) is 12.8. The van der Waals surface area contributed by atoms with Gasteiger partial charge in [-0.3, -0.25) is 0 Å². The Balaban J connectivity index is 1.51. The Morgan fingerprint density at radius 2 is 1.48 bits per heavy atom. The second kappa shape index (κ2) is 14.4. The monoisotopic (exact) mass is 592 g/mol. The predicted octanol–water partition coefficient (Wildman–Crippen LogP) is -0.427. The molecule has 0 unspecified atom stereocenters. The summed E-state index contributed by atoms with van der Waals surface area (Å²) in [5.74, 6) is -0.724. The largest absolute Gasteiger partial charge is 0.508 e. The number of phenols is 2. The average Bonchev–Trinajstić information content (AvgIpc) is 2.98. The van der Waals surface area contributed by atoms with Gasteiger partial charge in [-0.15, -0.1) is 0 Å². The molecule has 7 N–H and O–H groups in total. The molecule has 2 aromatic carbocycles. The molecule has 2 aromatic rings. The molecule has 0 amide bonds. The lowest BCUT2D eigenvalue weighted by Crippen LogP contribution is -2.65. The molecule has 2 fully saturated rings. The van der Waals surface area contributed by atoms with Gasteiger partial charge in [-0.2, -0.15) is 0 Å². The van der Waals surface area contributed by atoms with E-state index in [2.05, 4.69) is 0 Å². The van der Waals surface area contributed by atoms with Crippen molar-refractivity contribution in [1.29, 1.82) is 0 Å². The minimum Gasteiger partial charge on any atom is -0.508 e. The van der Waals surface area contributed by atoms with Crippen molar-refractivity contribution in [3.63, 3.8) is 0 Å². The summed E-state index contributed by atoms with van der Waals surface area (Å²) >= 11 is 0. The van der Waals surface area contributed by atoms with Crippen LogP contribution in [0.15, 0.2) is 54.6 Å². The number of aliphatic hydroxyl groups excluding tert-OH is 5. The van der Waals surface area contributed by atoms with E-state index in [0.717, 1.165) is 11.6 Å². The van der Waals surface area contributed by atoms with Crippen LogP contribution in [0.1, 0.15) is 18.1 Å². The van der Waals surface area contributed by atoms with E-state index in [4.69, 9.17) is 23.7 Å². The zero-order valence-corrected chi connectivity index (χ0v) is 22.7. The molecule has 10 atom stereocenters. The number of hydrogen-bond acceptors (Lipinski definition) is 13. The standard InChI is InChI=1S/C29H36O13/c1-15-22(34)23(35)24(36)29(39-15)42-27-25(37)28(38-13-12-17-4-9-19(32)10-5-17)40-20(14-30)26(27)41-21(33)11-6-16-2-7-18(31)8-3-16/h2-11,15,20,22-32,34-37H,12-14H2,1H3/b11-6+/t15-,20+,22-,23+,24+,25+,26+,27+,28+,29-/m0/s1. The zero-order valence-electron chi connectivity index (χ0n) is 22.7. The zero-order chi connectivity index (χ0) is 30.4. The molecule has 4 rings (SSSR count). The number of hydrogen-bond donors (Lipinski definition) is 7. The van der Waals surface area contributed by atoms with Gasteiger partial charge in [0.05, 0.1) is 19.3 Å². The second-order valence-electron chi connectivity index (χ2n) is 10.1. The van der Waals surface area contributed by atoms with E-state index in [1.165, 1.54) is 37.3 Å². The van der Waals surface area contributed by atoms with E-state index in [9.17, 15) is 40.5 Å². The van der Waals surface area contributed by atoms with Crippen LogP contribution in [0.5, 0.6) is 11.5 Å². The minimum absolute atomic E-state index is 0.0489. The van der Waals surface area contributed by atoms with Gasteiger partial charge in [0, 0.05) is 6.08 Å². The Labute approximate surface area is 241 Å². The maximum absolute atomic E-state index is 12.8. The molecule has 13 heteroatoms. The van der Waals surface area contributed by atoms with Crippen molar-refractivity contribution < 1.29 is 64.2 Å². The number of esters is 1. The molecule has 0 radical (unpaired) electrons. The van der Waals surface area contributed by atoms with Crippen LogP contribution in [-0.4, -0.2) is 116 Å². The number of rotatable bonds is 10. The highest BCUT2D eigenvalue weighted by molar-refractivity contribution is 5.87. The van der Waals surface area contributed by atoms with Crippen LogP contribution in [0.4, 0.5) is 0 Å². The number of carbonyl (C=O) groups excluding carboxylic acids is 1. The highest BCUT2D eigenvalue weighted by Gasteiger charge is 2.52. The molecular weight excluding hydrogens is 556 g/mol. The SMILES string of the molecule is C[C@@H]1O[C@@H](O[C@@H]2[C@@H](O)[C@H](OCCc3ccc(O)cc3)O[C@H](CO)[C@H]2OC(=O)/C=C/c2ccc(O)cc2)[C@H](O)[C@H](O)[C@H]1O. The summed E-state index contributed by atoms with van der Waals surface area (Å²) in [6, 6.07) is 12.4. The Hall–Kier alpha value is -3.11. The van der Waals surface area contributed by atoms with Crippen LogP contribution in [0.25, 0.3) is 6.08 Å². The summed E-state index contributed by atoms with van der Waals surface area (Å²) in [5, 5.41) is 71.0. The van der Waals surface area contributed by atoms with Crippen LogP contribution in [0, 0.1) is 0 Å². The van der Waals surface area contributed by atoms with Gasteiger partial charge >= 0.3 is 5.97 Å². The highest BCUT2D eigenvalue weighted by Crippen LogP contribution is 2.31. The number of aromatic hydroxyl groups is 2. The molecule has 42 heavy (non-hydrogen) atoms. The van der Waals surface area contributed by atoms with Gasteiger partial charge in [0.25, 0.3) is 0 Å². The average molecular weight is 593 g/mol. The molecule has 2 heterocycles. The molecule has 230 valence electrons. The van der Waals surface area contributed by atoms with E-state index in [-0.39, 0.29) is 18.1 Å². The Kier molecular flexibility index (Phi) is 10.9. The van der Waals surface area contributed by atoms with Crippen molar-refractivity contribution in [2.45, 2.75) is 74.8 Å². The van der Waals surface area contributed by atoms with Crippen LogP contribution >= 0.6 is 0 Å². The lowest BCUT2D eigenvalue weighted by Gasteiger charge is -2.46. The van der Waals surface area contributed by atoms with E-state index >= 15 is 0 Å². The summed E-state index contributed by atoms with van der Waals surface area (Å²) in [6.45, 7) is 0.839. The molecule has 0 saturated carbocycles. The van der Waals surface area contributed by atoms with Crippen LogP contribution in [0.3, 0.4) is 0 Å². The number of benzene rings is 2. The normalized spacial score (nSPS) is 33.5. The third kappa shape index (κ3) is 7.83. The highest BCUT2D eigenvalue weighted by atomic mass is 16.7. The first-order chi connectivity index (χ1) is 20.1. The molecule has 2 aliphatic rings. The summed E-state index contributed by atoms with van der Waals surface area (Å²) in [7, 11) is 0. The Morgan fingerprint density at radius 1 is 0.833 bits per heavy atom. The van der Waals surface area contributed by atoms with Gasteiger partial charge < -0.3 is 59.4 Å². The van der Waals surface area contributed by atoms with E-state index in [0.29, 0.717) is 12.0 Å². The first-order valence-electron chi connectivity index (χ1n) is 13.4. The molecule has 0 aromatic heterocycles. The van der Waals surface area contributed by atoms with Crippen molar-refractivity contribution in [2.24, 2.45) is 0 Å². The van der Waals surface area contributed by atoms with Crippen LogP contribution in [0.2, 0.25) is 0 Å². The fourth-order valence-electron chi connectivity index (χ4n) is 4.64. The van der Waals surface area contributed by atoms with Gasteiger partial charge in [0.2, 0.25) is 0 Å². The van der Waals surface area contributed by atoms with E-state index in [1.54, 1.807) is 24.3 Å². The van der Waals surface area contributed by atoms with Crippen molar-refractivity contribution >= 4 is 12.0 Å². The number of carbonyl (C=O) groups is 1. The lowest BCUT2D eigenvalue weighted by molar-refractivity contribution is -0.357. The number of aliphatic hydroxyl groups is 5. The maximum Gasteiger partial charge on any atom is 0.331 e. The Bertz CT molecular complexity index is 1170. The summed E-state index contributed by atoms with van der Waals surface area (Å²) in [6.07, 6.45) is -11.5. The summed E-state index contributed by atoms with van der Waals surface area (Å²) < 4.78 is 28.4. The third-order valence-electron chi connectivity index (χ3n) is 7.06. The number of ether oxygens (including phenoxy) is 5. The molecule has 0 aliphatic carbocycles. The fourth-order valence-corrected chi connectivity index (χ4v) is 4.64. The van der Waals surface area contributed by atoms with Gasteiger partial charge in [0.15, 0.2) is 18.7 Å². The topological polar surface area (TPSA) is 205 Å². The van der Waals surface area contributed by atoms with E-state index < -0.39 is 74.0 Å². The molecule has 0 spiro atoms. The van der Waals surface area contributed by atoms with Gasteiger partial charge in [-0.05, 0) is 54.8 Å². The molecule has 0 bridgehead atoms. The molecule has 2 saturated heterocycles. The smallest absolute Gasteiger partial charge is 0.331 e. The van der Waals surface area contributed by atoms with Gasteiger partial charge in [0.1, 0.15) is 48.1 Å². The van der Waals surface area contributed by atoms with E-state index in [1.807, 2.05) is 0 Å². The predicted molar refractivity (Wildman–Crippen MR) is 144 cm³/mol. The van der Waals surface area contributed by atoms with Crippen molar-refractivity contribution in [1.82, 2.24) is 0 Å².